The van der Waals surface area contributed by atoms with Crippen molar-refractivity contribution in [3.05, 3.63) is 30.3 Å². The van der Waals surface area contributed by atoms with Crippen LogP contribution in [-0.4, -0.2) is 0 Å². The van der Waals surface area contributed by atoms with Gasteiger partial charge in [0.15, 0.2) is 0 Å². The van der Waals surface area contributed by atoms with E-state index in [-0.39, 0.29) is 0 Å². The zero-order valence-electron chi connectivity index (χ0n) is 4.24. The van der Waals surface area contributed by atoms with E-state index in [1.165, 1.54) is 5.30 Å². The predicted molar refractivity (Wildman–Crippen MR) is 34.4 cm³/mol. The molecule has 0 bridgehead atoms. The van der Waals surface area contributed by atoms with Crippen molar-refractivity contribution >= 4 is 12.2 Å². The molecule has 0 aliphatic heterocycles. The third kappa shape index (κ3) is 1.66. The van der Waals surface area contributed by atoms with Gasteiger partial charge >= 0.3 is 60.6 Å². The molecule has 2 heteroatoms. The molecule has 0 nitrogen and oxygen atoms in total. The molecule has 0 spiro atoms. The molecule has 0 aromatic heterocycles. The van der Waals surface area contributed by atoms with Crippen molar-refractivity contribution in [1.29, 1.82) is 0 Å². The Morgan fingerprint density at radius 3 is 2.12 bits per heavy atom. The molecule has 0 heterocycles. The van der Waals surface area contributed by atoms with Gasteiger partial charge in [-0.15, -0.1) is 0 Å². The number of hydrogen-bond acceptors (Lipinski definition) is 0. The summed E-state index contributed by atoms with van der Waals surface area (Å²) in [6.07, 6.45) is 0. The molecular formula is C6H6OsP. The third-order valence-corrected chi connectivity index (χ3v) is 3.61. The van der Waals surface area contributed by atoms with E-state index in [1.54, 1.807) is 0 Å². The SMILES string of the molecule is [Os][PH]c1ccccc1. The summed E-state index contributed by atoms with van der Waals surface area (Å²) in [4.78, 5) is 0. The minimum absolute atomic E-state index is 0.958. The maximum atomic E-state index is 2.16. The molecule has 0 N–H and O–H groups in total. The molecule has 0 saturated heterocycles. The molecular weight excluding hydrogens is 293 g/mol. The summed E-state index contributed by atoms with van der Waals surface area (Å²) < 4.78 is 0. The van der Waals surface area contributed by atoms with Crippen LogP contribution in [0.1, 0.15) is 0 Å². The maximum absolute atomic E-state index is 2.16. The van der Waals surface area contributed by atoms with Crippen molar-refractivity contribution < 1.29 is 18.1 Å². The van der Waals surface area contributed by atoms with Crippen LogP contribution < -0.4 is 5.30 Å². The van der Waals surface area contributed by atoms with Gasteiger partial charge in [-0.3, -0.25) is 0 Å². The van der Waals surface area contributed by atoms with Crippen LogP contribution in [0, 0.1) is 0 Å². The van der Waals surface area contributed by atoms with E-state index >= 15 is 0 Å². The zero-order valence-corrected chi connectivity index (χ0v) is 7.78. The van der Waals surface area contributed by atoms with E-state index in [1.807, 2.05) is 24.2 Å². The van der Waals surface area contributed by atoms with Crippen molar-refractivity contribution in [1.82, 2.24) is 0 Å². The van der Waals surface area contributed by atoms with Crippen LogP contribution in [0.5, 0.6) is 0 Å². The van der Waals surface area contributed by atoms with Gasteiger partial charge < -0.3 is 0 Å². The van der Waals surface area contributed by atoms with Gasteiger partial charge in [0, 0.05) is 0 Å². The van der Waals surface area contributed by atoms with Crippen LogP contribution in [0.15, 0.2) is 30.3 Å². The topological polar surface area (TPSA) is 0 Å². The number of hydrogen-bond donors (Lipinski definition) is 0. The first-order valence-corrected chi connectivity index (χ1v) is 7.00. The summed E-state index contributed by atoms with van der Waals surface area (Å²) >= 11 is 2.01. The Balaban J connectivity index is 2.83. The fourth-order valence-electron chi connectivity index (χ4n) is 0.497. The molecule has 0 aliphatic rings. The van der Waals surface area contributed by atoms with Crippen molar-refractivity contribution in [3.8, 4) is 0 Å². The Labute approximate surface area is 60.9 Å². The predicted octanol–water partition coefficient (Wildman–Crippen LogP) is 1.45. The van der Waals surface area contributed by atoms with E-state index in [9.17, 15) is 0 Å². The van der Waals surface area contributed by atoms with Gasteiger partial charge in [-0.2, -0.15) is 0 Å². The Morgan fingerprint density at radius 1 is 1.12 bits per heavy atom. The van der Waals surface area contributed by atoms with E-state index in [2.05, 4.69) is 24.3 Å². The number of rotatable bonds is 1. The Kier molecular flexibility index (Phi) is 2.67. The fourth-order valence-corrected chi connectivity index (χ4v) is 2.08. The first-order valence-electron chi connectivity index (χ1n) is 2.34. The van der Waals surface area contributed by atoms with Crippen molar-refractivity contribution in [2.75, 3.05) is 0 Å². The standard InChI is InChI=1S/C6H6P.Os/c7-6-4-2-1-3-5-6;/h1-5,7H;/q-1;+1. The second kappa shape index (κ2) is 3.34. The molecule has 0 radical (unpaired) electrons. The summed E-state index contributed by atoms with van der Waals surface area (Å²) in [6, 6.07) is 10.5. The molecule has 1 aromatic rings. The Hall–Kier alpha value is 0.286. The quantitative estimate of drug-likeness (QED) is 0.689. The summed E-state index contributed by atoms with van der Waals surface area (Å²) in [5.74, 6) is 0. The number of benzene rings is 1. The van der Waals surface area contributed by atoms with Gasteiger partial charge in [0.25, 0.3) is 0 Å². The van der Waals surface area contributed by atoms with Gasteiger partial charge in [-0.25, -0.2) is 0 Å². The summed E-state index contributed by atoms with van der Waals surface area (Å²) in [6.45, 7) is 0.958. The first kappa shape index (κ1) is 6.41. The Bertz CT molecular complexity index is 150. The summed E-state index contributed by atoms with van der Waals surface area (Å²) in [5.41, 5.74) is 0. The molecule has 0 fully saturated rings. The average molecular weight is 299 g/mol. The van der Waals surface area contributed by atoms with Crippen molar-refractivity contribution in [3.63, 3.8) is 0 Å². The molecule has 0 aliphatic carbocycles. The van der Waals surface area contributed by atoms with Crippen LogP contribution in [0.2, 0.25) is 0 Å². The molecule has 43 valence electrons. The van der Waals surface area contributed by atoms with Gasteiger partial charge in [0.05, 0.1) is 0 Å². The first-order chi connectivity index (χ1) is 3.93. The molecule has 8 heavy (non-hydrogen) atoms. The van der Waals surface area contributed by atoms with E-state index in [0.29, 0.717) is 0 Å². The van der Waals surface area contributed by atoms with Crippen LogP contribution in [-0.2, 0) is 18.1 Å². The zero-order chi connectivity index (χ0) is 5.82. The second-order valence-corrected chi connectivity index (χ2v) is 4.11. The van der Waals surface area contributed by atoms with Crippen molar-refractivity contribution in [2.45, 2.75) is 0 Å². The van der Waals surface area contributed by atoms with Crippen LogP contribution in [0.3, 0.4) is 0 Å². The third-order valence-electron chi connectivity index (χ3n) is 0.876. The van der Waals surface area contributed by atoms with Crippen LogP contribution in [0.4, 0.5) is 0 Å². The molecule has 1 aromatic carbocycles. The fraction of sp³-hybridized carbons (Fsp3) is 0. The van der Waals surface area contributed by atoms with Gasteiger partial charge in [-0.1, -0.05) is 0 Å². The molecule has 0 amide bonds. The van der Waals surface area contributed by atoms with Crippen LogP contribution >= 0.6 is 6.87 Å². The molecule has 1 atom stereocenters. The van der Waals surface area contributed by atoms with Crippen molar-refractivity contribution in [2.24, 2.45) is 0 Å². The van der Waals surface area contributed by atoms with E-state index in [0.717, 1.165) is 6.87 Å². The summed E-state index contributed by atoms with van der Waals surface area (Å²) in [7, 11) is 0. The molecule has 1 unspecified atom stereocenters. The molecule has 0 saturated carbocycles. The minimum atomic E-state index is 0.958. The van der Waals surface area contributed by atoms with Gasteiger partial charge in [0.2, 0.25) is 0 Å². The van der Waals surface area contributed by atoms with Crippen LogP contribution in [0.25, 0.3) is 0 Å². The molecule has 1 rings (SSSR count). The average Bonchev–Trinajstić information content (AvgIpc) is 1.90. The summed E-state index contributed by atoms with van der Waals surface area (Å²) in [5, 5.41) is 1.45. The van der Waals surface area contributed by atoms with E-state index < -0.39 is 0 Å². The van der Waals surface area contributed by atoms with Gasteiger partial charge in [-0.05, 0) is 0 Å². The Morgan fingerprint density at radius 2 is 1.75 bits per heavy atom. The normalized spacial score (nSPS) is 10.6. The monoisotopic (exact) mass is 301 g/mol. The second-order valence-electron chi connectivity index (χ2n) is 1.45. The van der Waals surface area contributed by atoms with Gasteiger partial charge in [0.1, 0.15) is 0 Å². The van der Waals surface area contributed by atoms with E-state index in [4.69, 9.17) is 0 Å².